The Labute approximate surface area is 182 Å². The number of benzene rings is 2. The molecule has 0 saturated heterocycles. The summed E-state index contributed by atoms with van der Waals surface area (Å²) in [4.78, 5) is 12.8. The summed E-state index contributed by atoms with van der Waals surface area (Å²) in [5.41, 5.74) is 0.927. The molecule has 2 aromatic carbocycles. The maximum atomic E-state index is 12.8. The monoisotopic (exact) mass is 452 g/mol. The first-order chi connectivity index (χ1) is 14.6. The van der Waals surface area contributed by atoms with Gasteiger partial charge in [0.05, 0.1) is 46.4 Å². The SMILES string of the molecule is COc1ccc(N(CC(=O)NC(C)c2cc(OC)ccc2OC)S(C)(=O)=O)c(OC)c1. The van der Waals surface area contributed by atoms with E-state index < -0.39 is 28.5 Å². The molecule has 2 rings (SSSR count). The molecule has 0 aromatic heterocycles. The molecular weight excluding hydrogens is 424 g/mol. The van der Waals surface area contributed by atoms with Crippen LogP contribution in [0.1, 0.15) is 18.5 Å². The number of nitrogens with zero attached hydrogens (tertiary/aromatic N) is 1. The molecule has 1 atom stereocenters. The van der Waals surface area contributed by atoms with Crippen molar-refractivity contribution in [3.8, 4) is 23.0 Å². The van der Waals surface area contributed by atoms with Gasteiger partial charge < -0.3 is 24.3 Å². The Balaban J connectivity index is 2.29. The Morgan fingerprint density at radius 1 is 0.935 bits per heavy atom. The second-order valence-electron chi connectivity index (χ2n) is 6.70. The van der Waals surface area contributed by atoms with Crippen LogP contribution in [0.3, 0.4) is 0 Å². The zero-order chi connectivity index (χ0) is 23.2. The van der Waals surface area contributed by atoms with E-state index in [2.05, 4.69) is 5.32 Å². The Morgan fingerprint density at radius 2 is 1.52 bits per heavy atom. The highest BCUT2D eigenvalue weighted by Gasteiger charge is 2.25. The minimum Gasteiger partial charge on any atom is -0.497 e. The van der Waals surface area contributed by atoms with Crippen LogP contribution in [0.25, 0.3) is 0 Å². The fourth-order valence-corrected chi connectivity index (χ4v) is 3.91. The van der Waals surface area contributed by atoms with Crippen molar-refractivity contribution in [1.29, 1.82) is 0 Å². The number of anilines is 1. The summed E-state index contributed by atoms with van der Waals surface area (Å²) in [5, 5.41) is 2.81. The Hall–Kier alpha value is -3.14. The normalized spacial score (nSPS) is 11.9. The summed E-state index contributed by atoms with van der Waals surface area (Å²) in [6.45, 7) is 1.34. The summed E-state index contributed by atoms with van der Waals surface area (Å²) in [7, 11) is 2.19. The number of methoxy groups -OCH3 is 4. The summed E-state index contributed by atoms with van der Waals surface area (Å²) in [5.74, 6) is 1.45. The van der Waals surface area contributed by atoms with Gasteiger partial charge in [-0.15, -0.1) is 0 Å². The average molecular weight is 453 g/mol. The van der Waals surface area contributed by atoms with Gasteiger partial charge >= 0.3 is 0 Å². The molecule has 0 radical (unpaired) electrons. The quantitative estimate of drug-likeness (QED) is 0.590. The first kappa shape index (κ1) is 24.1. The minimum absolute atomic E-state index is 0.229. The number of amides is 1. The van der Waals surface area contributed by atoms with Crippen molar-refractivity contribution >= 4 is 21.6 Å². The highest BCUT2D eigenvalue weighted by molar-refractivity contribution is 7.92. The molecule has 0 saturated carbocycles. The van der Waals surface area contributed by atoms with Crippen molar-refractivity contribution in [2.24, 2.45) is 0 Å². The number of carbonyl (C=O) groups excluding carboxylic acids is 1. The van der Waals surface area contributed by atoms with Gasteiger partial charge in [0.25, 0.3) is 0 Å². The number of nitrogens with one attached hydrogen (secondary N) is 1. The lowest BCUT2D eigenvalue weighted by molar-refractivity contribution is -0.120. The fraction of sp³-hybridized carbons (Fsp3) is 0.381. The molecule has 0 spiro atoms. The predicted molar refractivity (Wildman–Crippen MR) is 118 cm³/mol. The Kier molecular flexibility index (Phi) is 7.98. The largest absolute Gasteiger partial charge is 0.497 e. The highest BCUT2D eigenvalue weighted by atomic mass is 32.2. The lowest BCUT2D eigenvalue weighted by Crippen LogP contribution is -2.41. The highest BCUT2D eigenvalue weighted by Crippen LogP contribution is 2.34. The van der Waals surface area contributed by atoms with E-state index in [1.807, 2.05) is 0 Å². The number of rotatable bonds is 10. The second kappa shape index (κ2) is 10.3. The first-order valence-corrected chi connectivity index (χ1v) is 11.2. The molecule has 9 nitrogen and oxygen atoms in total. The van der Waals surface area contributed by atoms with Gasteiger partial charge in [0.1, 0.15) is 29.5 Å². The van der Waals surface area contributed by atoms with E-state index in [4.69, 9.17) is 18.9 Å². The van der Waals surface area contributed by atoms with Gasteiger partial charge in [-0.2, -0.15) is 0 Å². The van der Waals surface area contributed by atoms with Crippen molar-refractivity contribution in [1.82, 2.24) is 5.32 Å². The summed E-state index contributed by atoms with van der Waals surface area (Å²) >= 11 is 0. The van der Waals surface area contributed by atoms with E-state index in [0.717, 1.165) is 10.6 Å². The lowest BCUT2D eigenvalue weighted by atomic mass is 10.1. The maximum absolute atomic E-state index is 12.8. The van der Waals surface area contributed by atoms with Gasteiger partial charge in [-0.25, -0.2) is 8.42 Å². The molecule has 1 N–H and O–H groups in total. The smallest absolute Gasteiger partial charge is 0.241 e. The van der Waals surface area contributed by atoms with Crippen LogP contribution >= 0.6 is 0 Å². The van der Waals surface area contributed by atoms with Crippen LogP contribution in [0.15, 0.2) is 36.4 Å². The van der Waals surface area contributed by atoms with Crippen LogP contribution < -0.4 is 28.6 Å². The lowest BCUT2D eigenvalue weighted by Gasteiger charge is -2.25. The van der Waals surface area contributed by atoms with E-state index in [9.17, 15) is 13.2 Å². The molecule has 1 amide bonds. The first-order valence-electron chi connectivity index (χ1n) is 9.35. The van der Waals surface area contributed by atoms with E-state index in [-0.39, 0.29) is 11.4 Å². The molecule has 0 aliphatic heterocycles. The zero-order valence-corrected chi connectivity index (χ0v) is 19.3. The number of ether oxygens (including phenoxy) is 4. The molecule has 170 valence electrons. The van der Waals surface area contributed by atoms with Gasteiger partial charge in [0.2, 0.25) is 15.9 Å². The van der Waals surface area contributed by atoms with Gasteiger partial charge in [-0.1, -0.05) is 0 Å². The van der Waals surface area contributed by atoms with Crippen molar-refractivity contribution in [3.63, 3.8) is 0 Å². The molecule has 1 unspecified atom stereocenters. The summed E-state index contributed by atoms with van der Waals surface area (Å²) < 4.78 is 46.9. The van der Waals surface area contributed by atoms with Crippen molar-refractivity contribution in [3.05, 3.63) is 42.0 Å². The van der Waals surface area contributed by atoms with Gasteiger partial charge in [-0.05, 0) is 37.3 Å². The standard InChI is InChI=1S/C21H28N2O7S/c1-14(17-11-15(27-2)8-10-19(17)29-4)22-21(24)13-23(31(6,25)26)18-9-7-16(28-3)12-20(18)30-5/h7-12,14H,13H2,1-6H3,(H,22,24). The molecule has 0 bridgehead atoms. The van der Waals surface area contributed by atoms with E-state index in [1.54, 1.807) is 44.4 Å². The number of carbonyl (C=O) groups is 1. The third-order valence-electron chi connectivity index (χ3n) is 4.62. The van der Waals surface area contributed by atoms with Crippen molar-refractivity contribution in [2.45, 2.75) is 13.0 Å². The molecule has 0 aliphatic rings. The minimum atomic E-state index is -3.78. The second-order valence-corrected chi connectivity index (χ2v) is 8.61. The van der Waals surface area contributed by atoms with E-state index >= 15 is 0 Å². The predicted octanol–water partition coefficient (Wildman–Crippen LogP) is 2.36. The Bertz CT molecular complexity index is 1020. The molecular formula is C21H28N2O7S. The number of sulfonamides is 1. The average Bonchev–Trinajstić information content (AvgIpc) is 2.75. The molecule has 0 heterocycles. The summed E-state index contributed by atoms with van der Waals surface area (Å²) in [6, 6.07) is 9.45. The molecule has 0 aliphatic carbocycles. The van der Waals surface area contributed by atoms with Crippen LogP contribution in [0.2, 0.25) is 0 Å². The molecule has 31 heavy (non-hydrogen) atoms. The topological polar surface area (TPSA) is 103 Å². The third kappa shape index (κ3) is 5.94. The Morgan fingerprint density at radius 3 is 2.06 bits per heavy atom. The van der Waals surface area contributed by atoms with E-state index in [1.165, 1.54) is 27.4 Å². The maximum Gasteiger partial charge on any atom is 0.241 e. The van der Waals surface area contributed by atoms with Gasteiger partial charge in [0.15, 0.2) is 0 Å². The van der Waals surface area contributed by atoms with Crippen LogP contribution in [-0.2, 0) is 14.8 Å². The number of hydrogen-bond acceptors (Lipinski definition) is 7. The van der Waals surface area contributed by atoms with Crippen LogP contribution in [0, 0.1) is 0 Å². The zero-order valence-electron chi connectivity index (χ0n) is 18.5. The third-order valence-corrected chi connectivity index (χ3v) is 5.75. The summed E-state index contributed by atoms with van der Waals surface area (Å²) in [6.07, 6.45) is 1.03. The van der Waals surface area contributed by atoms with Gasteiger partial charge in [-0.3, -0.25) is 9.10 Å². The fourth-order valence-electron chi connectivity index (χ4n) is 3.05. The number of hydrogen-bond donors (Lipinski definition) is 1. The van der Waals surface area contributed by atoms with Crippen LogP contribution in [0.5, 0.6) is 23.0 Å². The molecule has 0 fully saturated rings. The van der Waals surface area contributed by atoms with Crippen molar-refractivity contribution in [2.75, 3.05) is 45.5 Å². The van der Waals surface area contributed by atoms with Gasteiger partial charge in [0, 0.05) is 11.6 Å². The van der Waals surface area contributed by atoms with Crippen LogP contribution in [-0.4, -0.2) is 55.6 Å². The van der Waals surface area contributed by atoms with Crippen LogP contribution in [0.4, 0.5) is 5.69 Å². The molecule has 2 aromatic rings. The van der Waals surface area contributed by atoms with Crippen molar-refractivity contribution < 1.29 is 32.2 Å². The molecule has 10 heteroatoms. The van der Waals surface area contributed by atoms with E-state index in [0.29, 0.717) is 22.8 Å².